The Morgan fingerprint density at radius 3 is 2.41 bits per heavy atom. The topological polar surface area (TPSA) is 82.2 Å². The summed E-state index contributed by atoms with van der Waals surface area (Å²) in [6, 6.07) is 14.5. The molecule has 2 aliphatic heterocycles. The fraction of sp³-hybridized carbons (Fsp3) is 0.414. The maximum atomic E-state index is 13.3. The van der Waals surface area contributed by atoms with Gasteiger partial charge in [0.05, 0.1) is 18.2 Å². The van der Waals surface area contributed by atoms with Crippen LogP contribution in [0.2, 0.25) is 0 Å². The molecule has 0 aromatic heterocycles. The SMILES string of the molecule is CCOC(=O)C1=C(CN2CCN(C(=O)c3ccc(C)cc3)[C@H](C)C2)N(C)C(=O)N[C@H]1c1ccccc1C. The number of nitrogens with one attached hydrogen (secondary N) is 1. The highest BCUT2D eigenvalue weighted by Crippen LogP contribution is 2.33. The van der Waals surface area contributed by atoms with Crippen LogP contribution in [-0.4, -0.2) is 78.5 Å². The Bertz CT molecular complexity index is 1210. The fourth-order valence-electron chi connectivity index (χ4n) is 5.09. The molecule has 0 saturated carbocycles. The highest BCUT2D eigenvalue weighted by molar-refractivity contribution is 5.95. The monoisotopic (exact) mass is 504 g/mol. The van der Waals surface area contributed by atoms with Gasteiger partial charge in [0, 0.05) is 50.5 Å². The summed E-state index contributed by atoms with van der Waals surface area (Å²) in [6.45, 7) is 10.2. The van der Waals surface area contributed by atoms with E-state index in [1.54, 1.807) is 14.0 Å². The van der Waals surface area contributed by atoms with E-state index in [9.17, 15) is 14.4 Å². The van der Waals surface area contributed by atoms with E-state index in [2.05, 4.69) is 10.2 Å². The second-order valence-electron chi connectivity index (χ2n) is 9.83. The molecule has 2 aromatic rings. The number of esters is 1. The summed E-state index contributed by atoms with van der Waals surface area (Å²) in [5, 5.41) is 2.99. The van der Waals surface area contributed by atoms with Gasteiger partial charge in [-0.1, -0.05) is 42.0 Å². The van der Waals surface area contributed by atoms with Gasteiger partial charge >= 0.3 is 12.0 Å². The van der Waals surface area contributed by atoms with E-state index in [1.807, 2.05) is 74.2 Å². The molecule has 0 unspecified atom stereocenters. The minimum atomic E-state index is -0.597. The molecule has 0 spiro atoms. The molecule has 8 nitrogen and oxygen atoms in total. The summed E-state index contributed by atoms with van der Waals surface area (Å²) in [4.78, 5) is 45.0. The van der Waals surface area contributed by atoms with Gasteiger partial charge in [0.1, 0.15) is 0 Å². The normalized spacial score (nSPS) is 20.6. The molecule has 1 fully saturated rings. The van der Waals surface area contributed by atoms with Crippen LogP contribution in [0.15, 0.2) is 59.8 Å². The van der Waals surface area contributed by atoms with Crippen LogP contribution in [0.1, 0.15) is 46.9 Å². The van der Waals surface area contributed by atoms with Crippen molar-refractivity contribution in [2.24, 2.45) is 0 Å². The number of hydrogen-bond acceptors (Lipinski definition) is 5. The molecular formula is C29H36N4O4. The molecule has 2 atom stereocenters. The number of nitrogens with zero attached hydrogens (tertiary/aromatic N) is 3. The molecule has 0 aliphatic carbocycles. The number of aryl methyl sites for hydroxylation is 2. The first-order chi connectivity index (χ1) is 17.7. The molecule has 0 radical (unpaired) electrons. The van der Waals surface area contributed by atoms with Gasteiger partial charge in [-0.15, -0.1) is 0 Å². The molecule has 2 aromatic carbocycles. The fourth-order valence-corrected chi connectivity index (χ4v) is 5.09. The van der Waals surface area contributed by atoms with Crippen molar-refractivity contribution in [1.82, 2.24) is 20.0 Å². The quantitative estimate of drug-likeness (QED) is 0.607. The Morgan fingerprint density at radius 1 is 1.05 bits per heavy atom. The van der Waals surface area contributed by atoms with Crippen LogP contribution in [-0.2, 0) is 9.53 Å². The number of piperazine rings is 1. The van der Waals surface area contributed by atoms with Gasteiger partial charge < -0.3 is 15.0 Å². The first kappa shape index (κ1) is 26.4. The lowest BCUT2D eigenvalue weighted by Gasteiger charge is -2.42. The third kappa shape index (κ3) is 5.54. The lowest BCUT2D eigenvalue weighted by atomic mass is 9.91. The Balaban J connectivity index is 1.60. The molecule has 37 heavy (non-hydrogen) atoms. The van der Waals surface area contributed by atoms with E-state index in [0.29, 0.717) is 43.0 Å². The lowest BCUT2D eigenvalue weighted by Crippen LogP contribution is -2.56. The van der Waals surface area contributed by atoms with Crippen molar-refractivity contribution in [1.29, 1.82) is 0 Å². The van der Waals surface area contributed by atoms with Crippen molar-refractivity contribution < 1.29 is 19.1 Å². The zero-order chi connectivity index (χ0) is 26.7. The summed E-state index contributed by atoms with van der Waals surface area (Å²) < 4.78 is 5.46. The van der Waals surface area contributed by atoms with E-state index in [4.69, 9.17) is 4.74 Å². The van der Waals surface area contributed by atoms with E-state index in [0.717, 1.165) is 16.7 Å². The molecule has 1 saturated heterocycles. The maximum absolute atomic E-state index is 13.3. The van der Waals surface area contributed by atoms with Crippen molar-refractivity contribution >= 4 is 17.9 Å². The van der Waals surface area contributed by atoms with Crippen LogP contribution < -0.4 is 5.32 Å². The number of benzene rings is 2. The summed E-state index contributed by atoms with van der Waals surface area (Å²) >= 11 is 0. The van der Waals surface area contributed by atoms with Gasteiger partial charge in [-0.25, -0.2) is 9.59 Å². The predicted octanol–water partition coefficient (Wildman–Crippen LogP) is 3.66. The van der Waals surface area contributed by atoms with E-state index in [-0.39, 0.29) is 24.6 Å². The standard InChI is InChI=1S/C29H36N4O4/c1-6-37-28(35)25-24(31(5)29(36)30-26(25)23-10-8-7-9-20(23)3)18-32-15-16-33(21(4)17-32)27(34)22-13-11-19(2)12-14-22/h7-14,21,26H,6,15-18H2,1-5H3,(H,30,36)/t21-,26+/m1/s1. The van der Waals surface area contributed by atoms with Crippen LogP contribution >= 0.6 is 0 Å². The van der Waals surface area contributed by atoms with Crippen molar-refractivity contribution in [3.8, 4) is 0 Å². The second kappa shape index (κ2) is 11.2. The molecule has 196 valence electrons. The second-order valence-corrected chi connectivity index (χ2v) is 9.83. The molecule has 4 rings (SSSR count). The highest BCUT2D eigenvalue weighted by Gasteiger charge is 2.38. The van der Waals surface area contributed by atoms with Crippen LogP contribution in [0.4, 0.5) is 4.79 Å². The third-order valence-corrected chi connectivity index (χ3v) is 7.22. The number of likely N-dealkylation sites (N-methyl/N-ethyl adjacent to an activating group) is 1. The van der Waals surface area contributed by atoms with Gasteiger partial charge in [-0.3, -0.25) is 14.6 Å². The molecular weight excluding hydrogens is 468 g/mol. The first-order valence-electron chi connectivity index (χ1n) is 12.8. The summed E-state index contributed by atoms with van der Waals surface area (Å²) in [7, 11) is 1.68. The van der Waals surface area contributed by atoms with Crippen molar-refractivity contribution in [3.63, 3.8) is 0 Å². The van der Waals surface area contributed by atoms with E-state index >= 15 is 0 Å². The van der Waals surface area contributed by atoms with Gasteiger partial charge in [0.2, 0.25) is 0 Å². The number of urea groups is 1. The number of rotatable bonds is 6. The Labute approximate surface area is 218 Å². The number of ether oxygens (including phenoxy) is 1. The summed E-state index contributed by atoms with van der Waals surface area (Å²) in [6.07, 6.45) is 0. The average molecular weight is 505 g/mol. The van der Waals surface area contributed by atoms with Gasteiger partial charge in [-0.05, 0) is 51.0 Å². The maximum Gasteiger partial charge on any atom is 0.338 e. The summed E-state index contributed by atoms with van der Waals surface area (Å²) in [5.74, 6) is -0.411. The number of carbonyl (C=O) groups excluding carboxylic acids is 3. The molecule has 0 bridgehead atoms. The Kier molecular flexibility index (Phi) is 7.97. The van der Waals surface area contributed by atoms with Gasteiger partial charge in [-0.2, -0.15) is 0 Å². The van der Waals surface area contributed by atoms with Crippen molar-refractivity contribution in [2.45, 2.75) is 39.8 Å². The minimum absolute atomic E-state index is 0.0207. The molecule has 1 N–H and O–H groups in total. The number of carbonyl (C=O) groups is 3. The zero-order valence-corrected chi connectivity index (χ0v) is 22.3. The predicted molar refractivity (Wildman–Crippen MR) is 142 cm³/mol. The minimum Gasteiger partial charge on any atom is -0.463 e. The van der Waals surface area contributed by atoms with Crippen LogP contribution in [0.3, 0.4) is 0 Å². The third-order valence-electron chi connectivity index (χ3n) is 7.22. The molecule has 2 heterocycles. The van der Waals surface area contributed by atoms with Crippen LogP contribution in [0, 0.1) is 13.8 Å². The summed E-state index contributed by atoms with van der Waals surface area (Å²) in [5.41, 5.74) is 4.72. The molecule has 2 aliphatic rings. The van der Waals surface area contributed by atoms with Crippen molar-refractivity contribution in [3.05, 3.63) is 82.1 Å². The van der Waals surface area contributed by atoms with Crippen LogP contribution in [0.5, 0.6) is 0 Å². The lowest BCUT2D eigenvalue weighted by molar-refractivity contribution is -0.139. The first-order valence-corrected chi connectivity index (χ1v) is 12.8. The average Bonchev–Trinajstić information content (AvgIpc) is 2.87. The van der Waals surface area contributed by atoms with E-state index in [1.165, 1.54) is 4.90 Å². The largest absolute Gasteiger partial charge is 0.463 e. The molecule has 8 heteroatoms. The van der Waals surface area contributed by atoms with Crippen molar-refractivity contribution in [2.75, 3.05) is 39.8 Å². The zero-order valence-electron chi connectivity index (χ0n) is 22.3. The number of amides is 3. The molecule has 3 amide bonds. The van der Waals surface area contributed by atoms with Crippen LogP contribution in [0.25, 0.3) is 0 Å². The highest BCUT2D eigenvalue weighted by atomic mass is 16.5. The Morgan fingerprint density at radius 2 is 1.76 bits per heavy atom. The van der Waals surface area contributed by atoms with E-state index < -0.39 is 12.0 Å². The Hall–Kier alpha value is -3.65. The number of hydrogen-bond donors (Lipinski definition) is 1. The smallest absolute Gasteiger partial charge is 0.338 e. The van der Waals surface area contributed by atoms with Gasteiger partial charge in [0.15, 0.2) is 0 Å². The van der Waals surface area contributed by atoms with Gasteiger partial charge in [0.25, 0.3) is 5.91 Å².